The topological polar surface area (TPSA) is 34.1 Å². The van der Waals surface area contributed by atoms with Crippen molar-refractivity contribution >= 4 is 72.3 Å². The summed E-state index contributed by atoms with van der Waals surface area (Å²) in [5, 5.41) is 6.01. The summed E-state index contributed by atoms with van der Waals surface area (Å²) in [7, 11) is 5.81. The first kappa shape index (κ1) is 13.9. The third-order valence-electron chi connectivity index (χ3n) is 4.74. The van der Waals surface area contributed by atoms with Crippen LogP contribution in [0.4, 0.5) is 0 Å². The SMILES string of the molecule is [B]c1ccc2c(c1)c(=O)c1cc3c(=O)c4cc(Br)ccc4c3cc12. The lowest BCUT2D eigenvalue weighted by Gasteiger charge is -1.96. The molecule has 0 aliphatic heterocycles. The van der Waals surface area contributed by atoms with Crippen LogP contribution in [0.25, 0.3) is 43.1 Å². The molecule has 0 aromatic heterocycles. The minimum absolute atomic E-state index is 0.0348. The Morgan fingerprint density at radius 1 is 0.583 bits per heavy atom. The van der Waals surface area contributed by atoms with Crippen LogP contribution in [0, 0.1) is 0 Å². The molecule has 0 fully saturated rings. The van der Waals surface area contributed by atoms with Gasteiger partial charge in [0.25, 0.3) is 0 Å². The van der Waals surface area contributed by atoms with E-state index in [-0.39, 0.29) is 10.9 Å². The summed E-state index contributed by atoms with van der Waals surface area (Å²) in [6.45, 7) is 0. The van der Waals surface area contributed by atoms with Gasteiger partial charge in [0.1, 0.15) is 7.85 Å². The summed E-state index contributed by atoms with van der Waals surface area (Å²) in [6.07, 6.45) is 0. The number of hydrogen-bond acceptors (Lipinski definition) is 2. The molecule has 5 aromatic carbocycles. The molecule has 0 N–H and O–H groups in total. The number of fused-ring (bicyclic) bond motifs is 6. The maximum absolute atomic E-state index is 12.7. The van der Waals surface area contributed by atoms with Gasteiger partial charge in [0.05, 0.1) is 0 Å². The zero-order chi connectivity index (χ0) is 16.6. The Morgan fingerprint density at radius 2 is 1.08 bits per heavy atom. The van der Waals surface area contributed by atoms with Gasteiger partial charge in [0.15, 0.2) is 10.9 Å². The lowest BCUT2D eigenvalue weighted by atomic mass is 9.94. The molecule has 2 nitrogen and oxygen atoms in total. The van der Waals surface area contributed by atoms with E-state index in [1.807, 2.05) is 30.3 Å². The molecule has 24 heavy (non-hydrogen) atoms. The highest BCUT2D eigenvalue weighted by Gasteiger charge is 2.16. The molecule has 110 valence electrons. The lowest BCUT2D eigenvalue weighted by molar-refractivity contribution is 1.74. The zero-order valence-electron chi connectivity index (χ0n) is 12.4. The quantitative estimate of drug-likeness (QED) is 0.391. The molecule has 0 heterocycles. The van der Waals surface area contributed by atoms with Gasteiger partial charge < -0.3 is 0 Å². The lowest BCUT2D eigenvalue weighted by Crippen LogP contribution is -2.03. The van der Waals surface area contributed by atoms with Gasteiger partial charge in [-0.25, -0.2) is 0 Å². The molecule has 0 saturated heterocycles. The number of hydrogen-bond donors (Lipinski definition) is 0. The van der Waals surface area contributed by atoms with Crippen LogP contribution in [-0.2, 0) is 0 Å². The normalized spacial score (nSPS) is 12.0. The third-order valence-corrected chi connectivity index (χ3v) is 5.24. The minimum atomic E-state index is -0.0694. The van der Waals surface area contributed by atoms with E-state index in [9.17, 15) is 9.59 Å². The third kappa shape index (κ3) is 1.66. The molecule has 0 amide bonds. The van der Waals surface area contributed by atoms with Crippen molar-refractivity contribution in [3.8, 4) is 0 Å². The molecule has 4 heteroatoms. The van der Waals surface area contributed by atoms with Crippen molar-refractivity contribution in [3.05, 3.63) is 73.5 Å². The smallest absolute Gasteiger partial charge is 0.194 e. The van der Waals surface area contributed by atoms with Crippen LogP contribution in [0.3, 0.4) is 0 Å². The molecular weight excluding hydrogens is 363 g/mol. The molecule has 0 bridgehead atoms. The first-order chi connectivity index (χ1) is 11.5. The van der Waals surface area contributed by atoms with E-state index in [1.165, 1.54) is 0 Å². The molecule has 0 spiro atoms. The fourth-order valence-corrected chi connectivity index (χ4v) is 4.00. The van der Waals surface area contributed by atoms with Crippen LogP contribution in [0.5, 0.6) is 0 Å². The monoisotopic (exact) mass is 370 g/mol. The van der Waals surface area contributed by atoms with Crippen molar-refractivity contribution in [1.82, 2.24) is 0 Å². The second kappa shape index (κ2) is 4.55. The summed E-state index contributed by atoms with van der Waals surface area (Å²) >= 11 is 3.41. The summed E-state index contributed by atoms with van der Waals surface area (Å²) < 4.78 is 0.867. The molecule has 5 rings (SSSR count). The predicted octanol–water partition coefficient (Wildman–Crippen LogP) is 3.45. The average Bonchev–Trinajstić information content (AvgIpc) is 2.99. The Labute approximate surface area is 145 Å². The van der Waals surface area contributed by atoms with Crippen LogP contribution in [0.2, 0.25) is 0 Å². The summed E-state index contributed by atoms with van der Waals surface area (Å²) in [5.41, 5.74) is 0.459. The zero-order valence-corrected chi connectivity index (χ0v) is 14.0. The second-order valence-electron chi connectivity index (χ2n) is 6.10. The first-order valence-corrected chi connectivity index (χ1v) is 8.31. The fraction of sp³-hybridized carbons (Fsp3) is 0. The Morgan fingerprint density at radius 3 is 1.75 bits per heavy atom. The van der Waals surface area contributed by atoms with Crippen molar-refractivity contribution < 1.29 is 0 Å². The van der Waals surface area contributed by atoms with Crippen LogP contribution in [0.1, 0.15) is 0 Å². The average molecular weight is 371 g/mol. The molecule has 0 aliphatic carbocycles. The maximum Gasteiger partial charge on any atom is 0.194 e. The highest BCUT2D eigenvalue weighted by Crippen LogP contribution is 2.32. The van der Waals surface area contributed by atoms with E-state index < -0.39 is 0 Å². The number of halogens is 1. The van der Waals surface area contributed by atoms with Crippen molar-refractivity contribution in [2.45, 2.75) is 0 Å². The number of rotatable bonds is 0. The van der Waals surface area contributed by atoms with Gasteiger partial charge in [-0.15, -0.1) is 0 Å². The van der Waals surface area contributed by atoms with Crippen molar-refractivity contribution in [2.75, 3.05) is 0 Å². The van der Waals surface area contributed by atoms with E-state index >= 15 is 0 Å². The van der Waals surface area contributed by atoms with E-state index in [4.69, 9.17) is 7.85 Å². The Bertz CT molecular complexity index is 1300. The molecular formula is C20H8BBrO2. The highest BCUT2D eigenvalue weighted by atomic mass is 79.9. The predicted molar refractivity (Wildman–Crippen MR) is 104 cm³/mol. The molecule has 0 saturated carbocycles. The molecule has 5 aromatic rings. The molecule has 0 atom stereocenters. The molecule has 0 unspecified atom stereocenters. The molecule has 2 radical (unpaired) electrons. The van der Waals surface area contributed by atoms with Gasteiger partial charge in [-0.1, -0.05) is 45.7 Å². The number of benzene rings is 3. The van der Waals surface area contributed by atoms with Gasteiger partial charge in [0.2, 0.25) is 0 Å². The van der Waals surface area contributed by atoms with Crippen LogP contribution >= 0.6 is 15.9 Å². The largest absolute Gasteiger partial charge is 0.289 e. The van der Waals surface area contributed by atoms with Crippen LogP contribution in [-0.4, -0.2) is 7.85 Å². The summed E-state index contributed by atoms with van der Waals surface area (Å²) in [4.78, 5) is 25.4. The first-order valence-electron chi connectivity index (χ1n) is 7.52. The van der Waals surface area contributed by atoms with Crippen molar-refractivity contribution in [3.63, 3.8) is 0 Å². The summed E-state index contributed by atoms with van der Waals surface area (Å²) in [6, 6.07) is 14.8. The van der Waals surface area contributed by atoms with Crippen LogP contribution < -0.4 is 16.3 Å². The Kier molecular flexibility index (Phi) is 2.64. The maximum atomic E-state index is 12.7. The Hall–Kier alpha value is -2.46. The van der Waals surface area contributed by atoms with Gasteiger partial charge in [0, 0.05) is 26.0 Å². The Balaban J connectivity index is 2.09. The summed E-state index contributed by atoms with van der Waals surface area (Å²) in [5.74, 6) is 0. The van der Waals surface area contributed by atoms with Gasteiger partial charge in [-0.05, 0) is 45.8 Å². The van der Waals surface area contributed by atoms with Crippen LogP contribution in [0.15, 0.2) is 62.6 Å². The van der Waals surface area contributed by atoms with Crippen molar-refractivity contribution in [1.29, 1.82) is 0 Å². The molecule has 0 aliphatic rings. The van der Waals surface area contributed by atoms with E-state index in [0.717, 1.165) is 26.0 Å². The highest BCUT2D eigenvalue weighted by molar-refractivity contribution is 9.10. The van der Waals surface area contributed by atoms with Crippen molar-refractivity contribution in [2.24, 2.45) is 0 Å². The van der Waals surface area contributed by atoms with Gasteiger partial charge in [-0.3, -0.25) is 9.59 Å². The second-order valence-corrected chi connectivity index (χ2v) is 7.01. The fourth-order valence-electron chi connectivity index (χ4n) is 3.64. The standard InChI is InChI=1S/C20H8BBrO2/c21-9-1-3-11-13-7-14-12-4-2-10(22)6-16(12)20(24)18(14)8-17(13)19(23)15(11)5-9/h1-8H. The van der Waals surface area contributed by atoms with Gasteiger partial charge in [-0.2, -0.15) is 0 Å². The van der Waals surface area contributed by atoms with E-state index in [1.54, 1.807) is 18.2 Å². The van der Waals surface area contributed by atoms with Gasteiger partial charge >= 0.3 is 0 Å². The van der Waals surface area contributed by atoms with E-state index in [0.29, 0.717) is 27.0 Å². The minimum Gasteiger partial charge on any atom is -0.289 e. The van der Waals surface area contributed by atoms with E-state index in [2.05, 4.69) is 15.9 Å².